The molecule has 1 aliphatic rings. The van der Waals surface area contributed by atoms with Crippen LogP contribution in [0.5, 0.6) is 5.75 Å². The van der Waals surface area contributed by atoms with Gasteiger partial charge in [-0.1, -0.05) is 13.0 Å². The molecule has 0 amide bonds. The van der Waals surface area contributed by atoms with Crippen LogP contribution in [0.15, 0.2) is 18.2 Å². The first-order valence-electron chi connectivity index (χ1n) is 5.92. The van der Waals surface area contributed by atoms with Gasteiger partial charge in [0, 0.05) is 6.04 Å². The van der Waals surface area contributed by atoms with Crippen LogP contribution in [0.1, 0.15) is 36.9 Å². The Morgan fingerprint density at radius 2 is 2.06 bits per heavy atom. The summed E-state index contributed by atoms with van der Waals surface area (Å²) in [6.45, 7) is 4.52. The lowest BCUT2D eigenvalue weighted by atomic mass is 9.89. The lowest BCUT2D eigenvalue weighted by Gasteiger charge is -2.25. The van der Waals surface area contributed by atoms with Crippen molar-refractivity contribution in [2.75, 3.05) is 14.2 Å². The van der Waals surface area contributed by atoms with E-state index in [9.17, 15) is 0 Å². The zero-order valence-corrected chi connectivity index (χ0v) is 10.6. The second kappa shape index (κ2) is 4.10. The van der Waals surface area contributed by atoms with Gasteiger partial charge < -0.3 is 10.1 Å². The molecule has 1 unspecified atom stereocenters. The summed E-state index contributed by atoms with van der Waals surface area (Å²) in [5.41, 5.74) is 3.17. The van der Waals surface area contributed by atoms with E-state index in [1.165, 1.54) is 24.0 Å². The van der Waals surface area contributed by atoms with E-state index in [1.807, 2.05) is 0 Å². The number of hydrogen-bond acceptors (Lipinski definition) is 2. The van der Waals surface area contributed by atoms with E-state index in [-0.39, 0.29) is 0 Å². The number of hydrogen-bond donors (Lipinski definition) is 1. The first kappa shape index (κ1) is 11.5. The Balaban J connectivity index is 2.31. The molecule has 1 N–H and O–H groups in total. The second-order valence-corrected chi connectivity index (χ2v) is 5.10. The fourth-order valence-electron chi connectivity index (χ4n) is 2.46. The third kappa shape index (κ3) is 1.94. The predicted octanol–water partition coefficient (Wildman–Crippen LogP) is 3.06. The Labute approximate surface area is 98.0 Å². The number of aryl methyl sites for hydroxylation is 1. The van der Waals surface area contributed by atoms with E-state index in [0.717, 1.165) is 5.75 Å². The van der Waals surface area contributed by atoms with Gasteiger partial charge in [-0.3, -0.25) is 0 Å². The van der Waals surface area contributed by atoms with Crippen molar-refractivity contribution < 1.29 is 4.74 Å². The summed E-state index contributed by atoms with van der Waals surface area (Å²) in [5.74, 6) is 0.942. The summed E-state index contributed by atoms with van der Waals surface area (Å²) in [4.78, 5) is 0. The molecule has 1 aliphatic carbocycles. The molecule has 0 bridgehead atoms. The third-order valence-corrected chi connectivity index (χ3v) is 3.81. The zero-order chi connectivity index (χ0) is 11.8. The van der Waals surface area contributed by atoms with Crippen molar-refractivity contribution in [3.8, 4) is 5.75 Å². The SMILES string of the molecule is CNC(c1ccc(OC)cc1C)C1(C)CC1. The van der Waals surface area contributed by atoms with Crippen LogP contribution in [-0.2, 0) is 0 Å². The quantitative estimate of drug-likeness (QED) is 0.840. The molecule has 88 valence electrons. The fourth-order valence-corrected chi connectivity index (χ4v) is 2.46. The first-order valence-corrected chi connectivity index (χ1v) is 5.92. The van der Waals surface area contributed by atoms with E-state index in [2.05, 4.69) is 44.4 Å². The molecular weight excluding hydrogens is 198 g/mol. The molecule has 2 nitrogen and oxygen atoms in total. The van der Waals surface area contributed by atoms with Crippen molar-refractivity contribution >= 4 is 0 Å². The molecule has 0 aliphatic heterocycles. The van der Waals surface area contributed by atoms with Crippen molar-refractivity contribution in [3.63, 3.8) is 0 Å². The van der Waals surface area contributed by atoms with Crippen LogP contribution in [-0.4, -0.2) is 14.2 Å². The maximum atomic E-state index is 5.24. The minimum Gasteiger partial charge on any atom is -0.497 e. The first-order chi connectivity index (χ1) is 7.60. The maximum absolute atomic E-state index is 5.24. The van der Waals surface area contributed by atoms with Gasteiger partial charge in [0.2, 0.25) is 0 Å². The highest BCUT2D eigenvalue weighted by atomic mass is 16.5. The molecule has 1 aromatic carbocycles. The number of methoxy groups -OCH3 is 1. The molecule has 1 aromatic rings. The van der Waals surface area contributed by atoms with Crippen LogP contribution in [0.4, 0.5) is 0 Å². The van der Waals surface area contributed by atoms with E-state index in [1.54, 1.807) is 7.11 Å². The Morgan fingerprint density at radius 3 is 2.50 bits per heavy atom. The Morgan fingerprint density at radius 1 is 1.38 bits per heavy atom. The molecule has 0 radical (unpaired) electrons. The largest absolute Gasteiger partial charge is 0.497 e. The highest BCUT2D eigenvalue weighted by Crippen LogP contribution is 2.54. The van der Waals surface area contributed by atoms with Gasteiger partial charge in [-0.05, 0) is 55.5 Å². The minimum atomic E-state index is 0.452. The second-order valence-electron chi connectivity index (χ2n) is 5.10. The lowest BCUT2D eigenvalue weighted by molar-refractivity contribution is 0.386. The van der Waals surface area contributed by atoms with Gasteiger partial charge >= 0.3 is 0 Å². The highest BCUT2D eigenvalue weighted by Gasteiger charge is 2.45. The van der Waals surface area contributed by atoms with E-state index in [0.29, 0.717) is 11.5 Å². The molecule has 16 heavy (non-hydrogen) atoms. The van der Waals surface area contributed by atoms with Crippen LogP contribution in [0.2, 0.25) is 0 Å². The Hall–Kier alpha value is -1.02. The monoisotopic (exact) mass is 219 g/mol. The van der Waals surface area contributed by atoms with Crippen molar-refractivity contribution in [2.24, 2.45) is 5.41 Å². The number of rotatable bonds is 4. The minimum absolute atomic E-state index is 0.452. The summed E-state index contributed by atoms with van der Waals surface area (Å²) < 4.78 is 5.24. The van der Waals surface area contributed by atoms with Crippen LogP contribution in [0, 0.1) is 12.3 Å². The molecule has 0 heterocycles. The van der Waals surface area contributed by atoms with Crippen LogP contribution in [0.25, 0.3) is 0 Å². The average Bonchev–Trinajstić information content (AvgIpc) is 3.00. The number of benzene rings is 1. The molecule has 0 aromatic heterocycles. The van der Waals surface area contributed by atoms with Gasteiger partial charge in [0.15, 0.2) is 0 Å². The fraction of sp³-hybridized carbons (Fsp3) is 0.571. The van der Waals surface area contributed by atoms with Gasteiger partial charge in [0.05, 0.1) is 7.11 Å². The molecule has 2 rings (SSSR count). The summed E-state index contributed by atoms with van der Waals surface area (Å²) >= 11 is 0. The Kier molecular flexibility index (Phi) is 2.94. The number of nitrogens with one attached hydrogen (secondary N) is 1. The molecule has 1 atom stereocenters. The van der Waals surface area contributed by atoms with E-state index in [4.69, 9.17) is 4.74 Å². The van der Waals surface area contributed by atoms with E-state index < -0.39 is 0 Å². The molecule has 1 fully saturated rings. The zero-order valence-electron chi connectivity index (χ0n) is 10.6. The van der Waals surface area contributed by atoms with Gasteiger partial charge in [0.25, 0.3) is 0 Å². The third-order valence-electron chi connectivity index (χ3n) is 3.81. The maximum Gasteiger partial charge on any atom is 0.119 e. The summed E-state index contributed by atoms with van der Waals surface area (Å²) in [7, 11) is 3.77. The van der Waals surface area contributed by atoms with Crippen molar-refractivity contribution in [1.82, 2.24) is 5.32 Å². The lowest BCUT2D eigenvalue weighted by Crippen LogP contribution is -2.25. The average molecular weight is 219 g/mol. The predicted molar refractivity (Wildman–Crippen MR) is 66.9 cm³/mol. The van der Waals surface area contributed by atoms with Gasteiger partial charge in [0.1, 0.15) is 5.75 Å². The number of ether oxygens (including phenoxy) is 1. The summed E-state index contributed by atoms with van der Waals surface area (Å²) in [5, 5.41) is 3.46. The van der Waals surface area contributed by atoms with Crippen LogP contribution >= 0.6 is 0 Å². The van der Waals surface area contributed by atoms with Crippen molar-refractivity contribution in [3.05, 3.63) is 29.3 Å². The molecule has 0 saturated heterocycles. The summed E-state index contributed by atoms with van der Waals surface area (Å²) in [6, 6.07) is 6.83. The molecule has 0 spiro atoms. The molecule has 1 saturated carbocycles. The van der Waals surface area contributed by atoms with Crippen LogP contribution in [0.3, 0.4) is 0 Å². The van der Waals surface area contributed by atoms with Crippen molar-refractivity contribution in [1.29, 1.82) is 0 Å². The smallest absolute Gasteiger partial charge is 0.119 e. The molecule has 2 heteroatoms. The Bertz CT molecular complexity index is 382. The standard InChI is InChI=1S/C14H21NO/c1-10-9-11(16-4)5-6-12(10)13(15-3)14(2)7-8-14/h5-6,9,13,15H,7-8H2,1-4H3. The van der Waals surface area contributed by atoms with Crippen molar-refractivity contribution in [2.45, 2.75) is 32.7 Å². The van der Waals surface area contributed by atoms with Gasteiger partial charge in [-0.2, -0.15) is 0 Å². The van der Waals surface area contributed by atoms with E-state index >= 15 is 0 Å². The van der Waals surface area contributed by atoms with Gasteiger partial charge in [-0.25, -0.2) is 0 Å². The molecular formula is C14H21NO. The topological polar surface area (TPSA) is 21.3 Å². The summed E-state index contributed by atoms with van der Waals surface area (Å²) in [6.07, 6.45) is 2.65. The highest BCUT2D eigenvalue weighted by molar-refractivity contribution is 5.38. The van der Waals surface area contributed by atoms with Gasteiger partial charge in [-0.15, -0.1) is 0 Å². The normalized spacial score (nSPS) is 19.2. The van der Waals surface area contributed by atoms with Crippen LogP contribution < -0.4 is 10.1 Å².